The molecule has 0 unspecified atom stereocenters. The number of hydrogen-bond donors (Lipinski definition) is 0. The Bertz CT molecular complexity index is 468. The van der Waals surface area contributed by atoms with E-state index in [9.17, 15) is 0 Å². The molecule has 0 saturated carbocycles. The SMILES string of the molecule is C[C-]=O.[CH](=[Pd]=[CH]c1ccccc1)c1ccccc1. The molecular formula is C16H15OPd-. The quantitative estimate of drug-likeness (QED) is 0.611. The number of carbonyl (C=O) groups excluding carboxylic acids is 1. The predicted molar refractivity (Wildman–Crippen MR) is 74.6 cm³/mol. The molecule has 2 heteroatoms. The van der Waals surface area contributed by atoms with Crippen LogP contribution in [0, 0.1) is 0 Å². The van der Waals surface area contributed by atoms with E-state index in [1.54, 1.807) is 0 Å². The Balaban J connectivity index is 0.000000492. The molecule has 0 fully saturated rings. The second kappa shape index (κ2) is 9.53. The van der Waals surface area contributed by atoms with Crippen LogP contribution in [-0.2, 0) is 21.9 Å². The molecule has 0 amide bonds. The van der Waals surface area contributed by atoms with Crippen molar-refractivity contribution in [3.05, 3.63) is 71.8 Å². The first kappa shape index (κ1) is 14.6. The van der Waals surface area contributed by atoms with E-state index in [-0.39, 0.29) is 0 Å². The Labute approximate surface area is 116 Å². The summed E-state index contributed by atoms with van der Waals surface area (Å²) in [6.07, 6.45) is 1.50. The van der Waals surface area contributed by atoms with Gasteiger partial charge in [-0.1, -0.05) is 0 Å². The van der Waals surface area contributed by atoms with Crippen LogP contribution in [0.5, 0.6) is 0 Å². The van der Waals surface area contributed by atoms with Gasteiger partial charge in [0, 0.05) is 0 Å². The van der Waals surface area contributed by atoms with E-state index >= 15 is 0 Å². The molecule has 0 atom stereocenters. The van der Waals surface area contributed by atoms with Gasteiger partial charge in [-0.25, -0.2) is 0 Å². The van der Waals surface area contributed by atoms with Crippen molar-refractivity contribution in [2.24, 2.45) is 0 Å². The van der Waals surface area contributed by atoms with Crippen LogP contribution < -0.4 is 0 Å². The molecule has 2 aromatic rings. The van der Waals surface area contributed by atoms with Crippen molar-refractivity contribution in [2.45, 2.75) is 6.92 Å². The van der Waals surface area contributed by atoms with Crippen LogP contribution in [0.25, 0.3) is 0 Å². The van der Waals surface area contributed by atoms with Gasteiger partial charge >= 0.3 is 97.8 Å². The molecule has 0 bridgehead atoms. The summed E-state index contributed by atoms with van der Waals surface area (Å²) in [6, 6.07) is 20.9. The molecule has 0 N–H and O–H groups in total. The Morgan fingerprint density at radius 2 is 1.17 bits per heavy atom. The van der Waals surface area contributed by atoms with Crippen LogP contribution >= 0.6 is 0 Å². The molecule has 0 heterocycles. The first-order valence-electron chi connectivity index (χ1n) is 5.47. The van der Waals surface area contributed by atoms with E-state index in [2.05, 4.69) is 57.5 Å². The summed E-state index contributed by atoms with van der Waals surface area (Å²) in [5.41, 5.74) is 2.61. The molecule has 2 aromatic carbocycles. The number of benzene rings is 2. The van der Waals surface area contributed by atoms with Crippen LogP contribution in [0.4, 0.5) is 0 Å². The van der Waals surface area contributed by atoms with Gasteiger partial charge in [-0.3, -0.25) is 6.29 Å². The zero-order chi connectivity index (χ0) is 13.1. The summed E-state index contributed by atoms with van der Waals surface area (Å²) in [4.78, 5) is 8.68. The van der Waals surface area contributed by atoms with Gasteiger partial charge < -0.3 is 4.79 Å². The fraction of sp³-hybridized carbons (Fsp3) is 0.0625. The fourth-order valence-corrected chi connectivity index (χ4v) is 2.50. The molecule has 0 aromatic heterocycles. The van der Waals surface area contributed by atoms with E-state index in [4.69, 9.17) is 4.79 Å². The second-order valence-electron chi connectivity index (χ2n) is 3.31. The van der Waals surface area contributed by atoms with E-state index in [1.807, 2.05) is 12.1 Å². The molecule has 96 valence electrons. The van der Waals surface area contributed by atoms with Gasteiger partial charge in [0.1, 0.15) is 0 Å². The van der Waals surface area contributed by atoms with Crippen LogP contribution in [0.3, 0.4) is 0 Å². The Kier molecular flexibility index (Phi) is 7.72. The molecular weight excluding hydrogens is 315 g/mol. The molecule has 0 spiro atoms. The van der Waals surface area contributed by atoms with Crippen LogP contribution in [-0.4, -0.2) is 15.3 Å². The van der Waals surface area contributed by atoms with Crippen LogP contribution in [0.15, 0.2) is 60.7 Å². The topological polar surface area (TPSA) is 17.1 Å². The third kappa shape index (κ3) is 6.30. The van der Waals surface area contributed by atoms with E-state index in [0.717, 1.165) is 0 Å². The summed E-state index contributed by atoms with van der Waals surface area (Å²) in [6.45, 7) is 1.32. The summed E-state index contributed by atoms with van der Waals surface area (Å²) in [5.74, 6) is 0. The molecule has 0 aliphatic heterocycles. The molecule has 0 radical (unpaired) electrons. The van der Waals surface area contributed by atoms with Gasteiger partial charge in [0.2, 0.25) is 0 Å². The normalized spacial score (nSPS) is 8.94. The third-order valence-electron chi connectivity index (χ3n) is 1.92. The van der Waals surface area contributed by atoms with Crippen molar-refractivity contribution in [2.75, 3.05) is 0 Å². The van der Waals surface area contributed by atoms with Crippen molar-refractivity contribution >= 4 is 15.3 Å². The fourth-order valence-electron chi connectivity index (χ4n) is 1.18. The number of rotatable bonds is 2. The van der Waals surface area contributed by atoms with Crippen LogP contribution in [0.2, 0.25) is 0 Å². The van der Waals surface area contributed by atoms with Crippen molar-refractivity contribution in [1.82, 2.24) is 0 Å². The molecule has 0 saturated heterocycles. The average molecular weight is 330 g/mol. The summed E-state index contributed by atoms with van der Waals surface area (Å²) in [5, 5.41) is 0. The first-order valence-corrected chi connectivity index (χ1v) is 7.26. The first-order chi connectivity index (χ1) is 8.86. The van der Waals surface area contributed by atoms with Crippen molar-refractivity contribution in [3.63, 3.8) is 0 Å². The standard InChI is InChI=1S/2C7H6.C2H3O.Pd/c2*1-7-5-3-2-4-6-7;1-2-3;/h2*1-6H;1H3;/q;;-1;. The van der Waals surface area contributed by atoms with Gasteiger partial charge in [-0.15, -0.1) is 0 Å². The van der Waals surface area contributed by atoms with Crippen molar-refractivity contribution in [1.29, 1.82) is 0 Å². The van der Waals surface area contributed by atoms with Gasteiger partial charge in [0.15, 0.2) is 0 Å². The van der Waals surface area contributed by atoms with Gasteiger partial charge in [0.25, 0.3) is 0 Å². The second-order valence-corrected chi connectivity index (χ2v) is 4.73. The molecule has 1 nitrogen and oxygen atoms in total. The summed E-state index contributed by atoms with van der Waals surface area (Å²) in [7, 11) is 0. The van der Waals surface area contributed by atoms with Gasteiger partial charge in [-0.2, -0.15) is 6.92 Å². The van der Waals surface area contributed by atoms with E-state index in [0.29, 0.717) is 17.1 Å². The Morgan fingerprint density at radius 3 is 1.50 bits per heavy atom. The zero-order valence-corrected chi connectivity index (χ0v) is 11.7. The van der Waals surface area contributed by atoms with Crippen molar-refractivity contribution < 1.29 is 21.9 Å². The van der Waals surface area contributed by atoms with E-state index in [1.165, 1.54) is 24.3 Å². The van der Waals surface area contributed by atoms with Gasteiger partial charge in [-0.05, 0) is 0 Å². The van der Waals surface area contributed by atoms with Crippen LogP contribution in [0.1, 0.15) is 18.1 Å². The minimum absolute atomic E-state index is 0.543. The maximum absolute atomic E-state index is 8.68. The summed E-state index contributed by atoms with van der Waals surface area (Å²) < 4.78 is 4.56. The zero-order valence-electron chi connectivity index (χ0n) is 10.2. The molecule has 0 aliphatic rings. The average Bonchev–Trinajstić information content (AvgIpc) is 2.42. The Morgan fingerprint density at radius 1 is 0.833 bits per heavy atom. The number of hydrogen-bond acceptors (Lipinski definition) is 1. The predicted octanol–water partition coefficient (Wildman–Crippen LogP) is 2.89. The summed E-state index contributed by atoms with van der Waals surface area (Å²) >= 11 is 0.543. The maximum atomic E-state index is 8.68. The minimum atomic E-state index is 0.543. The van der Waals surface area contributed by atoms with Gasteiger partial charge in [0.05, 0.1) is 0 Å². The molecule has 2 rings (SSSR count). The van der Waals surface area contributed by atoms with Crippen molar-refractivity contribution in [3.8, 4) is 0 Å². The monoisotopic (exact) mass is 329 g/mol. The Hall–Kier alpha value is -1.49. The van der Waals surface area contributed by atoms with E-state index < -0.39 is 0 Å². The third-order valence-corrected chi connectivity index (χ3v) is 3.47. The molecule has 0 aliphatic carbocycles. The molecule has 18 heavy (non-hydrogen) atoms.